The molecule has 0 unspecified atom stereocenters. The molecule has 4 nitrogen and oxygen atoms in total. The third kappa shape index (κ3) is 3.56. The number of amides is 1. The number of benzene rings is 2. The molecule has 1 N–H and O–H groups in total. The second kappa shape index (κ2) is 6.58. The number of nitrogens with one attached hydrogen (secondary N) is 1. The van der Waals surface area contributed by atoms with Crippen LogP contribution in [0.2, 0.25) is 0 Å². The Morgan fingerprint density at radius 2 is 1.85 bits per heavy atom. The van der Waals surface area contributed by atoms with E-state index in [1.54, 1.807) is 6.07 Å². The van der Waals surface area contributed by atoms with Crippen molar-refractivity contribution in [1.82, 2.24) is 9.78 Å². The number of hydrogen-bond donors (Lipinski definition) is 1. The van der Waals surface area contributed by atoms with Crippen molar-refractivity contribution < 1.29 is 26.7 Å². The molecular weight excluding hydrogens is 357 g/mol. The van der Waals surface area contributed by atoms with E-state index in [0.29, 0.717) is 6.07 Å². The Hall–Kier alpha value is -3.23. The van der Waals surface area contributed by atoms with Gasteiger partial charge in [0.05, 0.1) is 22.5 Å². The van der Waals surface area contributed by atoms with Crippen molar-refractivity contribution in [2.45, 2.75) is 6.18 Å². The molecule has 1 aromatic heterocycles. The highest BCUT2D eigenvalue weighted by Gasteiger charge is 2.34. The van der Waals surface area contributed by atoms with Gasteiger partial charge < -0.3 is 5.32 Å². The van der Waals surface area contributed by atoms with E-state index < -0.39 is 40.5 Å². The summed E-state index contributed by atoms with van der Waals surface area (Å²) >= 11 is 0. The zero-order valence-corrected chi connectivity index (χ0v) is 12.9. The average molecular weight is 367 g/mol. The van der Waals surface area contributed by atoms with E-state index in [1.807, 2.05) is 5.32 Å². The van der Waals surface area contributed by atoms with Crippen molar-refractivity contribution in [3.63, 3.8) is 0 Å². The number of alkyl halides is 3. The summed E-state index contributed by atoms with van der Waals surface area (Å²) in [4.78, 5) is 12.1. The summed E-state index contributed by atoms with van der Waals surface area (Å²) in [5, 5.41) is 5.86. The molecule has 0 saturated heterocycles. The third-order valence-electron chi connectivity index (χ3n) is 3.50. The van der Waals surface area contributed by atoms with E-state index in [4.69, 9.17) is 0 Å². The summed E-state index contributed by atoms with van der Waals surface area (Å²) in [7, 11) is 0. The lowest BCUT2D eigenvalue weighted by Gasteiger charge is -2.15. The Bertz CT molecular complexity index is 952. The number of carbonyl (C=O) groups is 1. The molecule has 0 saturated carbocycles. The van der Waals surface area contributed by atoms with E-state index in [1.165, 1.54) is 23.1 Å². The summed E-state index contributed by atoms with van der Waals surface area (Å²) < 4.78 is 67.8. The van der Waals surface area contributed by atoms with Gasteiger partial charge >= 0.3 is 6.18 Å². The highest BCUT2D eigenvalue weighted by atomic mass is 19.4. The first kappa shape index (κ1) is 17.6. The molecule has 0 aliphatic rings. The van der Waals surface area contributed by atoms with Crippen LogP contribution in [0, 0.1) is 11.6 Å². The first-order valence-electron chi connectivity index (χ1n) is 7.23. The second-order valence-corrected chi connectivity index (χ2v) is 5.26. The van der Waals surface area contributed by atoms with E-state index in [9.17, 15) is 26.7 Å². The van der Waals surface area contributed by atoms with Crippen LogP contribution in [-0.4, -0.2) is 15.7 Å². The summed E-state index contributed by atoms with van der Waals surface area (Å²) in [6.45, 7) is 0. The summed E-state index contributed by atoms with van der Waals surface area (Å²) in [6, 6.07) is 6.87. The summed E-state index contributed by atoms with van der Waals surface area (Å²) in [6.07, 6.45) is -1.91. The van der Waals surface area contributed by atoms with Crippen LogP contribution < -0.4 is 5.32 Å². The van der Waals surface area contributed by atoms with Gasteiger partial charge in [0.25, 0.3) is 5.91 Å². The van der Waals surface area contributed by atoms with Gasteiger partial charge in [0.2, 0.25) is 0 Å². The summed E-state index contributed by atoms with van der Waals surface area (Å²) in [5.74, 6) is -3.21. The van der Waals surface area contributed by atoms with Gasteiger partial charge in [0.15, 0.2) is 0 Å². The lowest BCUT2D eigenvalue weighted by molar-refractivity contribution is -0.136. The smallest absolute Gasteiger partial charge is 0.321 e. The maximum atomic E-state index is 13.7. The van der Waals surface area contributed by atoms with Gasteiger partial charge in [-0.1, -0.05) is 0 Å². The van der Waals surface area contributed by atoms with E-state index in [2.05, 4.69) is 5.10 Å². The number of nitrogens with zero attached hydrogens (tertiary/aromatic N) is 2. The number of halogens is 5. The maximum Gasteiger partial charge on any atom is 0.418 e. The lowest BCUT2D eigenvalue weighted by Crippen LogP contribution is -2.18. The molecule has 2 aromatic carbocycles. The van der Waals surface area contributed by atoms with Crippen LogP contribution in [0.25, 0.3) is 5.69 Å². The predicted molar refractivity (Wildman–Crippen MR) is 82.9 cm³/mol. The Kier molecular flexibility index (Phi) is 4.45. The van der Waals surface area contributed by atoms with Gasteiger partial charge in [-0.25, -0.2) is 13.5 Å². The quantitative estimate of drug-likeness (QED) is 0.697. The standard InChI is InChI=1S/C17H10F5N3O/c18-10-2-4-12(14(19)8-10)16(26)24-15-5-3-11(25-7-1-6-23-25)9-13(15)17(20,21)22/h1-9H,(H,24,26). The molecule has 0 aliphatic heterocycles. The van der Waals surface area contributed by atoms with Gasteiger partial charge in [0, 0.05) is 18.5 Å². The molecule has 1 heterocycles. The van der Waals surface area contributed by atoms with Crippen LogP contribution in [0.1, 0.15) is 15.9 Å². The molecule has 0 fully saturated rings. The van der Waals surface area contributed by atoms with Crippen molar-refractivity contribution in [3.8, 4) is 5.69 Å². The predicted octanol–water partition coefficient (Wildman–Crippen LogP) is 4.42. The van der Waals surface area contributed by atoms with Crippen LogP contribution in [0.3, 0.4) is 0 Å². The normalized spacial score (nSPS) is 11.4. The molecule has 0 aliphatic carbocycles. The van der Waals surface area contributed by atoms with Gasteiger partial charge in [-0.3, -0.25) is 4.79 Å². The fraction of sp³-hybridized carbons (Fsp3) is 0.0588. The van der Waals surface area contributed by atoms with Gasteiger partial charge in [-0.15, -0.1) is 0 Å². The Balaban J connectivity index is 1.97. The Morgan fingerprint density at radius 3 is 2.46 bits per heavy atom. The maximum absolute atomic E-state index is 13.7. The first-order chi connectivity index (χ1) is 12.3. The molecule has 9 heteroatoms. The number of rotatable bonds is 3. The molecule has 0 radical (unpaired) electrons. The highest BCUT2D eigenvalue weighted by Crippen LogP contribution is 2.36. The zero-order valence-electron chi connectivity index (χ0n) is 12.9. The van der Waals surface area contributed by atoms with Gasteiger partial charge in [-0.2, -0.15) is 18.3 Å². The highest BCUT2D eigenvalue weighted by molar-refractivity contribution is 6.05. The van der Waals surface area contributed by atoms with Crippen molar-refractivity contribution in [2.75, 3.05) is 5.32 Å². The molecule has 0 atom stereocenters. The lowest BCUT2D eigenvalue weighted by atomic mass is 10.1. The van der Waals surface area contributed by atoms with E-state index in [0.717, 1.165) is 24.3 Å². The Morgan fingerprint density at radius 1 is 1.08 bits per heavy atom. The molecule has 0 bridgehead atoms. The first-order valence-corrected chi connectivity index (χ1v) is 7.23. The molecule has 0 spiro atoms. The zero-order chi connectivity index (χ0) is 18.9. The number of carbonyl (C=O) groups excluding carboxylic acids is 1. The number of anilines is 1. The third-order valence-corrected chi connectivity index (χ3v) is 3.50. The topological polar surface area (TPSA) is 46.9 Å². The molecule has 1 amide bonds. The number of aromatic nitrogens is 2. The molecule has 3 aromatic rings. The van der Waals surface area contributed by atoms with Crippen LogP contribution in [-0.2, 0) is 6.18 Å². The average Bonchev–Trinajstić information content (AvgIpc) is 3.08. The molecule has 134 valence electrons. The molecule has 3 rings (SSSR count). The van der Waals surface area contributed by atoms with E-state index in [-0.39, 0.29) is 5.69 Å². The van der Waals surface area contributed by atoms with Crippen molar-refractivity contribution >= 4 is 11.6 Å². The fourth-order valence-corrected chi connectivity index (χ4v) is 2.30. The largest absolute Gasteiger partial charge is 0.418 e. The monoisotopic (exact) mass is 367 g/mol. The van der Waals surface area contributed by atoms with Crippen LogP contribution >= 0.6 is 0 Å². The minimum absolute atomic E-state index is 0.133. The Labute approximate surface area is 143 Å². The van der Waals surface area contributed by atoms with Gasteiger partial charge in [-0.05, 0) is 36.4 Å². The second-order valence-electron chi connectivity index (χ2n) is 5.26. The van der Waals surface area contributed by atoms with Crippen LogP contribution in [0.15, 0.2) is 54.9 Å². The fourth-order valence-electron chi connectivity index (χ4n) is 2.30. The summed E-state index contributed by atoms with van der Waals surface area (Å²) in [5.41, 5.74) is -2.12. The molecule has 26 heavy (non-hydrogen) atoms. The van der Waals surface area contributed by atoms with Crippen molar-refractivity contribution in [3.05, 3.63) is 77.6 Å². The number of hydrogen-bond acceptors (Lipinski definition) is 2. The van der Waals surface area contributed by atoms with E-state index >= 15 is 0 Å². The van der Waals surface area contributed by atoms with Crippen molar-refractivity contribution in [1.29, 1.82) is 0 Å². The SMILES string of the molecule is O=C(Nc1ccc(-n2cccn2)cc1C(F)(F)F)c1ccc(F)cc1F. The van der Waals surface area contributed by atoms with Gasteiger partial charge in [0.1, 0.15) is 11.6 Å². The van der Waals surface area contributed by atoms with Crippen LogP contribution in [0.5, 0.6) is 0 Å². The van der Waals surface area contributed by atoms with Crippen LogP contribution in [0.4, 0.5) is 27.6 Å². The molecular formula is C17H10F5N3O. The minimum atomic E-state index is -4.77. The van der Waals surface area contributed by atoms with Crippen molar-refractivity contribution in [2.24, 2.45) is 0 Å². The minimum Gasteiger partial charge on any atom is -0.321 e.